The summed E-state index contributed by atoms with van der Waals surface area (Å²) in [6.07, 6.45) is 1.84. The van der Waals surface area contributed by atoms with Gasteiger partial charge in [-0.05, 0) is 19.9 Å². The third kappa shape index (κ3) is 4.07. The van der Waals surface area contributed by atoms with E-state index >= 15 is 0 Å². The van der Waals surface area contributed by atoms with Crippen molar-refractivity contribution in [1.29, 1.82) is 0 Å². The highest BCUT2D eigenvalue weighted by Gasteiger charge is 2.30. The molecule has 0 spiro atoms. The fraction of sp³-hybridized carbons (Fsp3) is 0.533. The molecule has 24 heavy (non-hydrogen) atoms. The number of nitro benzene ring substituents is 1. The van der Waals surface area contributed by atoms with Gasteiger partial charge in [0.15, 0.2) is 11.5 Å². The molecule has 0 bridgehead atoms. The first kappa shape index (κ1) is 20.0. The molecule has 0 saturated carbocycles. The average molecular weight is 360 g/mol. The number of methoxy groups -OCH3 is 2. The minimum Gasteiger partial charge on any atom is -0.493 e. The summed E-state index contributed by atoms with van der Waals surface area (Å²) in [5.41, 5.74) is -0.261. The summed E-state index contributed by atoms with van der Waals surface area (Å²) >= 11 is 0. The monoisotopic (exact) mass is 359 g/mol. The second kappa shape index (κ2) is 8.70. The molecule has 1 atom stereocenters. The predicted octanol–water partition coefficient (Wildman–Crippen LogP) is 1.86. The lowest BCUT2D eigenvalue weighted by molar-refractivity contribution is -0.385. The van der Waals surface area contributed by atoms with Crippen LogP contribution in [0.2, 0.25) is 0 Å². The smallest absolute Gasteiger partial charge is 0.286 e. The Labute approximate surface area is 146 Å². The van der Waals surface area contributed by atoms with E-state index in [1.54, 1.807) is 4.90 Å². The molecule has 0 aliphatic carbocycles. The van der Waals surface area contributed by atoms with Crippen LogP contribution >= 0.6 is 12.4 Å². The van der Waals surface area contributed by atoms with Gasteiger partial charge in [0, 0.05) is 25.2 Å². The summed E-state index contributed by atoms with van der Waals surface area (Å²) in [5.74, 6) is 0.156. The maximum atomic E-state index is 12.8. The fourth-order valence-corrected chi connectivity index (χ4v) is 2.76. The Kier molecular flexibility index (Phi) is 7.24. The van der Waals surface area contributed by atoms with E-state index in [0.717, 1.165) is 12.8 Å². The van der Waals surface area contributed by atoms with Crippen LogP contribution in [-0.4, -0.2) is 56.1 Å². The summed E-state index contributed by atoms with van der Waals surface area (Å²) in [7, 11) is 4.67. The van der Waals surface area contributed by atoms with Crippen molar-refractivity contribution in [2.75, 3.05) is 34.4 Å². The second-order valence-electron chi connectivity index (χ2n) is 5.36. The number of hydrogen-bond donors (Lipinski definition) is 1. The van der Waals surface area contributed by atoms with Crippen molar-refractivity contribution >= 4 is 24.0 Å². The molecule has 0 radical (unpaired) electrons. The van der Waals surface area contributed by atoms with E-state index < -0.39 is 4.92 Å². The number of carbonyl (C=O) groups excluding carboxylic acids is 1. The first-order chi connectivity index (χ1) is 11.0. The molecule has 1 aliphatic rings. The number of ether oxygens (including phenoxy) is 2. The van der Waals surface area contributed by atoms with Crippen molar-refractivity contribution in [3.63, 3.8) is 0 Å². The fourth-order valence-electron chi connectivity index (χ4n) is 2.76. The maximum Gasteiger partial charge on any atom is 0.286 e. The Balaban J connectivity index is 0.00000288. The molecule has 1 aliphatic heterocycles. The van der Waals surface area contributed by atoms with Gasteiger partial charge in [-0.3, -0.25) is 14.9 Å². The van der Waals surface area contributed by atoms with Gasteiger partial charge in [-0.2, -0.15) is 0 Å². The molecule has 1 unspecified atom stereocenters. The molecule has 1 aromatic rings. The quantitative estimate of drug-likeness (QED) is 0.637. The van der Waals surface area contributed by atoms with Crippen LogP contribution in [0.1, 0.15) is 23.2 Å². The van der Waals surface area contributed by atoms with E-state index in [4.69, 9.17) is 9.47 Å². The normalized spacial score (nSPS) is 17.0. The number of benzene rings is 1. The van der Waals surface area contributed by atoms with Crippen molar-refractivity contribution < 1.29 is 19.2 Å². The Morgan fingerprint density at radius 1 is 1.33 bits per heavy atom. The van der Waals surface area contributed by atoms with Gasteiger partial charge >= 0.3 is 0 Å². The maximum absolute atomic E-state index is 12.8. The Hall–Kier alpha value is -2.06. The number of rotatable bonds is 5. The lowest BCUT2D eigenvalue weighted by atomic mass is 10.0. The number of carbonyl (C=O) groups is 1. The van der Waals surface area contributed by atoms with E-state index in [2.05, 4.69) is 5.32 Å². The topological polar surface area (TPSA) is 93.9 Å². The van der Waals surface area contributed by atoms with Crippen LogP contribution in [0.4, 0.5) is 5.69 Å². The third-order valence-corrected chi connectivity index (χ3v) is 4.05. The van der Waals surface area contributed by atoms with Crippen LogP contribution < -0.4 is 14.8 Å². The van der Waals surface area contributed by atoms with E-state index in [9.17, 15) is 14.9 Å². The Morgan fingerprint density at radius 2 is 1.96 bits per heavy atom. The molecule has 1 N–H and O–H groups in total. The summed E-state index contributed by atoms with van der Waals surface area (Å²) in [5, 5.41) is 14.5. The minimum atomic E-state index is -0.575. The molecule has 0 aromatic heterocycles. The van der Waals surface area contributed by atoms with Gasteiger partial charge in [-0.15, -0.1) is 12.4 Å². The first-order valence-electron chi connectivity index (χ1n) is 7.38. The van der Waals surface area contributed by atoms with E-state index in [-0.39, 0.29) is 41.4 Å². The standard InChI is InChI=1S/C15H21N3O5.ClH/c1-16-10-5-4-6-17(9-10)15(19)11-7-13(22-2)14(23-3)8-12(11)18(20)21;/h7-8,10,16H,4-6,9H2,1-3H3;1H. The lowest BCUT2D eigenvalue weighted by Gasteiger charge is -2.32. The molecule has 9 heteroatoms. The minimum absolute atomic E-state index is 0. The van der Waals surface area contributed by atoms with E-state index in [1.807, 2.05) is 7.05 Å². The molecule has 8 nitrogen and oxygen atoms in total. The Morgan fingerprint density at radius 3 is 2.50 bits per heavy atom. The number of halogens is 1. The van der Waals surface area contributed by atoms with Crippen molar-refractivity contribution in [2.45, 2.75) is 18.9 Å². The van der Waals surface area contributed by atoms with E-state index in [0.29, 0.717) is 18.8 Å². The SMILES string of the molecule is CNC1CCCN(C(=O)c2cc(OC)c(OC)cc2[N+](=O)[O-])C1.Cl. The van der Waals surface area contributed by atoms with Crippen LogP contribution in [0.25, 0.3) is 0 Å². The van der Waals surface area contributed by atoms with Gasteiger partial charge in [0.05, 0.1) is 25.2 Å². The van der Waals surface area contributed by atoms with Crippen molar-refractivity contribution in [3.05, 3.63) is 27.8 Å². The average Bonchev–Trinajstić information content (AvgIpc) is 2.59. The number of nitrogens with one attached hydrogen (secondary N) is 1. The molecule has 134 valence electrons. The Bertz CT molecular complexity index is 611. The number of piperidine rings is 1. The van der Waals surface area contributed by atoms with Gasteiger partial charge in [0.1, 0.15) is 5.56 Å². The zero-order valence-electron chi connectivity index (χ0n) is 13.9. The molecule has 1 saturated heterocycles. The van der Waals surface area contributed by atoms with Gasteiger partial charge in [-0.25, -0.2) is 0 Å². The second-order valence-corrected chi connectivity index (χ2v) is 5.36. The molecule has 1 fully saturated rings. The van der Waals surface area contributed by atoms with Crippen molar-refractivity contribution in [1.82, 2.24) is 10.2 Å². The zero-order valence-corrected chi connectivity index (χ0v) is 14.7. The van der Waals surface area contributed by atoms with Gasteiger partial charge in [-0.1, -0.05) is 0 Å². The number of likely N-dealkylation sites (tertiary alicyclic amines) is 1. The van der Waals surface area contributed by atoms with Crippen molar-refractivity contribution in [2.24, 2.45) is 0 Å². The van der Waals surface area contributed by atoms with Crippen molar-refractivity contribution in [3.8, 4) is 11.5 Å². The highest BCUT2D eigenvalue weighted by molar-refractivity contribution is 5.99. The number of amides is 1. The number of likely N-dealkylation sites (N-methyl/N-ethyl adjacent to an activating group) is 1. The zero-order chi connectivity index (χ0) is 17.0. The summed E-state index contributed by atoms with van der Waals surface area (Å²) in [4.78, 5) is 25.1. The van der Waals surface area contributed by atoms with E-state index in [1.165, 1.54) is 26.4 Å². The predicted molar refractivity (Wildman–Crippen MR) is 91.4 cm³/mol. The third-order valence-electron chi connectivity index (χ3n) is 4.05. The van der Waals surface area contributed by atoms with Crippen LogP contribution in [0.3, 0.4) is 0 Å². The lowest BCUT2D eigenvalue weighted by Crippen LogP contribution is -2.47. The highest BCUT2D eigenvalue weighted by atomic mass is 35.5. The number of nitrogens with zero attached hydrogens (tertiary/aromatic N) is 2. The van der Waals surface area contributed by atoms with Crippen LogP contribution in [-0.2, 0) is 0 Å². The van der Waals surface area contributed by atoms with Gasteiger partial charge < -0.3 is 19.7 Å². The summed E-state index contributed by atoms with van der Waals surface area (Å²) in [6.45, 7) is 1.11. The van der Waals surface area contributed by atoms with Gasteiger partial charge in [0.2, 0.25) is 0 Å². The molecule has 2 rings (SSSR count). The van der Waals surface area contributed by atoms with Crippen LogP contribution in [0.5, 0.6) is 11.5 Å². The summed E-state index contributed by atoms with van der Waals surface area (Å²) < 4.78 is 10.2. The largest absolute Gasteiger partial charge is 0.493 e. The highest BCUT2D eigenvalue weighted by Crippen LogP contribution is 2.35. The molecule has 1 aromatic carbocycles. The molecule has 1 heterocycles. The molecule has 1 amide bonds. The first-order valence-corrected chi connectivity index (χ1v) is 7.38. The molecular weight excluding hydrogens is 338 g/mol. The van der Waals surface area contributed by atoms with Crippen LogP contribution in [0, 0.1) is 10.1 Å². The van der Waals surface area contributed by atoms with Crippen LogP contribution in [0.15, 0.2) is 12.1 Å². The number of nitro groups is 1. The molecular formula is C15H22ClN3O5. The van der Waals surface area contributed by atoms with Gasteiger partial charge in [0.25, 0.3) is 11.6 Å². The number of hydrogen-bond acceptors (Lipinski definition) is 6. The summed E-state index contributed by atoms with van der Waals surface area (Å²) in [6, 6.07) is 2.81.